The van der Waals surface area contributed by atoms with Crippen molar-refractivity contribution in [3.63, 3.8) is 0 Å². The minimum Gasteiger partial charge on any atom is -0.354 e. The fraction of sp³-hybridized carbons (Fsp3) is 0.227. The third-order valence-electron chi connectivity index (χ3n) is 5.53. The molecule has 5 rings (SSSR count). The van der Waals surface area contributed by atoms with Gasteiger partial charge in [-0.25, -0.2) is 23.1 Å². The molecule has 8 nitrogen and oxygen atoms in total. The third-order valence-corrected chi connectivity index (χ3v) is 7.48. The summed E-state index contributed by atoms with van der Waals surface area (Å²) >= 11 is 0. The van der Waals surface area contributed by atoms with Crippen molar-refractivity contribution in [1.29, 1.82) is 0 Å². The zero-order chi connectivity index (χ0) is 21.4. The molecule has 31 heavy (non-hydrogen) atoms. The SMILES string of the molecule is Cc1ccn(-c2cc(N3CCN(S(=O)(=O)c4cccc5ccccc45)CC3)ncn2)n1. The highest BCUT2D eigenvalue weighted by molar-refractivity contribution is 7.89. The van der Waals surface area contributed by atoms with Gasteiger partial charge in [0.15, 0.2) is 5.82 Å². The van der Waals surface area contributed by atoms with Gasteiger partial charge in [0.1, 0.15) is 12.1 Å². The van der Waals surface area contributed by atoms with Crippen LogP contribution in [0.15, 0.2) is 72.0 Å². The van der Waals surface area contributed by atoms with Crippen molar-refractivity contribution >= 4 is 26.6 Å². The summed E-state index contributed by atoms with van der Waals surface area (Å²) in [7, 11) is -3.58. The Labute approximate surface area is 180 Å². The van der Waals surface area contributed by atoms with Crippen molar-refractivity contribution in [2.24, 2.45) is 0 Å². The van der Waals surface area contributed by atoms with Crippen LogP contribution in [0.2, 0.25) is 0 Å². The normalized spacial score (nSPS) is 15.5. The number of benzene rings is 2. The van der Waals surface area contributed by atoms with Gasteiger partial charge in [0.05, 0.1) is 10.6 Å². The average molecular weight is 435 g/mol. The number of nitrogens with zero attached hydrogens (tertiary/aromatic N) is 6. The fourth-order valence-electron chi connectivity index (χ4n) is 3.90. The molecule has 1 saturated heterocycles. The largest absolute Gasteiger partial charge is 0.354 e. The maximum atomic E-state index is 13.4. The number of rotatable bonds is 4. The standard InChI is InChI=1S/C22H22N6O2S/c1-17-9-10-28(25-17)22-15-21(23-16-24-22)26-11-13-27(14-12-26)31(29,30)20-8-4-6-18-5-2-3-7-19(18)20/h2-10,15-16H,11-14H2,1H3. The van der Waals surface area contributed by atoms with Gasteiger partial charge in [0, 0.05) is 43.8 Å². The molecule has 3 heterocycles. The highest BCUT2D eigenvalue weighted by Crippen LogP contribution is 2.27. The van der Waals surface area contributed by atoms with Crippen molar-refractivity contribution in [3.8, 4) is 5.82 Å². The number of fused-ring (bicyclic) bond motifs is 1. The van der Waals surface area contributed by atoms with Crippen LogP contribution >= 0.6 is 0 Å². The van der Waals surface area contributed by atoms with Gasteiger partial charge in [0.25, 0.3) is 0 Å². The minimum absolute atomic E-state index is 0.359. The van der Waals surface area contributed by atoms with Crippen LogP contribution in [-0.2, 0) is 10.0 Å². The molecule has 0 spiro atoms. The third kappa shape index (κ3) is 3.66. The van der Waals surface area contributed by atoms with Gasteiger partial charge in [-0.15, -0.1) is 0 Å². The zero-order valence-electron chi connectivity index (χ0n) is 17.1. The van der Waals surface area contributed by atoms with E-state index in [4.69, 9.17) is 0 Å². The van der Waals surface area contributed by atoms with Gasteiger partial charge >= 0.3 is 0 Å². The van der Waals surface area contributed by atoms with E-state index in [0.717, 1.165) is 22.3 Å². The molecule has 0 radical (unpaired) electrons. The molecule has 0 atom stereocenters. The maximum absolute atomic E-state index is 13.4. The molecule has 4 aromatic rings. The van der Waals surface area contributed by atoms with Crippen molar-refractivity contribution in [1.82, 2.24) is 24.1 Å². The molecule has 1 aliphatic rings. The van der Waals surface area contributed by atoms with E-state index in [1.165, 1.54) is 6.33 Å². The van der Waals surface area contributed by atoms with E-state index >= 15 is 0 Å². The topological polar surface area (TPSA) is 84.2 Å². The average Bonchev–Trinajstić information content (AvgIpc) is 3.25. The second kappa shape index (κ2) is 7.75. The van der Waals surface area contributed by atoms with Crippen molar-refractivity contribution < 1.29 is 8.42 Å². The molecular formula is C22H22N6O2S. The van der Waals surface area contributed by atoms with E-state index in [1.807, 2.05) is 55.6 Å². The van der Waals surface area contributed by atoms with Gasteiger partial charge in [-0.3, -0.25) is 0 Å². The number of piperazine rings is 1. The second-order valence-electron chi connectivity index (χ2n) is 7.50. The number of hydrogen-bond donors (Lipinski definition) is 0. The van der Waals surface area contributed by atoms with Gasteiger partial charge in [0.2, 0.25) is 10.0 Å². The van der Waals surface area contributed by atoms with Gasteiger partial charge in [-0.1, -0.05) is 36.4 Å². The quantitative estimate of drug-likeness (QED) is 0.491. The predicted octanol–water partition coefficient (Wildman–Crippen LogP) is 2.63. The highest BCUT2D eigenvalue weighted by atomic mass is 32.2. The lowest BCUT2D eigenvalue weighted by molar-refractivity contribution is 0.384. The second-order valence-corrected chi connectivity index (χ2v) is 9.41. The molecule has 2 aromatic heterocycles. The summed E-state index contributed by atoms with van der Waals surface area (Å²) < 4.78 is 30.0. The van der Waals surface area contributed by atoms with Gasteiger partial charge in [-0.05, 0) is 24.4 Å². The Morgan fingerprint density at radius 1 is 0.871 bits per heavy atom. The monoisotopic (exact) mass is 434 g/mol. The number of aromatic nitrogens is 4. The van der Waals surface area contributed by atoms with Crippen molar-refractivity contribution in [3.05, 3.63) is 72.8 Å². The van der Waals surface area contributed by atoms with Crippen LogP contribution < -0.4 is 4.90 Å². The Balaban J connectivity index is 1.36. The summed E-state index contributed by atoms with van der Waals surface area (Å²) in [4.78, 5) is 11.1. The van der Waals surface area contributed by atoms with Crippen molar-refractivity contribution in [2.75, 3.05) is 31.1 Å². The first-order valence-electron chi connectivity index (χ1n) is 10.1. The van der Waals surface area contributed by atoms with E-state index in [9.17, 15) is 8.42 Å². The molecule has 158 valence electrons. The molecule has 2 aromatic carbocycles. The lowest BCUT2D eigenvalue weighted by atomic mass is 10.1. The summed E-state index contributed by atoms with van der Waals surface area (Å²) in [5.41, 5.74) is 0.910. The van der Waals surface area contributed by atoms with E-state index in [-0.39, 0.29) is 0 Å². The van der Waals surface area contributed by atoms with E-state index in [2.05, 4.69) is 20.0 Å². The van der Waals surface area contributed by atoms with Crippen LogP contribution in [-0.4, -0.2) is 58.7 Å². The van der Waals surface area contributed by atoms with Crippen LogP contribution in [0.25, 0.3) is 16.6 Å². The summed E-state index contributed by atoms with van der Waals surface area (Å²) in [5.74, 6) is 1.45. The van der Waals surface area contributed by atoms with Crippen LogP contribution in [0.1, 0.15) is 5.69 Å². The molecule has 0 saturated carbocycles. The minimum atomic E-state index is -3.58. The van der Waals surface area contributed by atoms with Gasteiger partial charge < -0.3 is 4.90 Å². The van der Waals surface area contributed by atoms with Crippen LogP contribution in [0.3, 0.4) is 0 Å². The molecule has 9 heteroatoms. The first kappa shape index (κ1) is 19.7. The van der Waals surface area contributed by atoms with E-state index in [1.54, 1.807) is 21.1 Å². The number of hydrogen-bond acceptors (Lipinski definition) is 6. The molecule has 0 N–H and O–H groups in total. The molecule has 0 amide bonds. The molecular weight excluding hydrogens is 412 g/mol. The summed E-state index contributed by atoms with van der Waals surface area (Å²) in [5, 5.41) is 6.06. The Morgan fingerprint density at radius 2 is 1.61 bits per heavy atom. The predicted molar refractivity (Wildman–Crippen MR) is 119 cm³/mol. The summed E-state index contributed by atoms with van der Waals surface area (Å²) in [6.07, 6.45) is 3.37. The molecule has 1 aliphatic heterocycles. The number of anilines is 1. The zero-order valence-corrected chi connectivity index (χ0v) is 17.9. The molecule has 0 unspecified atom stereocenters. The molecule has 0 bridgehead atoms. The lowest BCUT2D eigenvalue weighted by Crippen LogP contribution is -2.49. The number of sulfonamides is 1. The maximum Gasteiger partial charge on any atom is 0.243 e. The Kier molecular flexibility index (Phi) is 4.91. The number of aryl methyl sites for hydroxylation is 1. The molecule has 1 fully saturated rings. The van der Waals surface area contributed by atoms with Crippen LogP contribution in [0.5, 0.6) is 0 Å². The van der Waals surface area contributed by atoms with Crippen LogP contribution in [0.4, 0.5) is 5.82 Å². The van der Waals surface area contributed by atoms with E-state index < -0.39 is 10.0 Å². The molecule has 0 aliphatic carbocycles. The lowest BCUT2D eigenvalue weighted by Gasteiger charge is -2.34. The highest BCUT2D eigenvalue weighted by Gasteiger charge is 2.30. The first-order chi connectivity index (χ1) is 15.0. The van der Waals surface area contributed by atoms with Crippen molar-refractivity contribution in [2.45, 2.75) is 11.8 Å². The Bertz CT molecular complexity index is 1340. The Morgan fingerprint density at radius 3 is 2.39 bits per heavy atom. The van der Waals surface area contributed by atoms with Gasteiger partial charge in [-0.2, -0.15) is 9.40 Å². The van der Waals surface area contributed by atoms with E-state index in [0.29, 0.717) is 36.9 Å². The Hall–Kier alpha value is -3.30. The summed E-state index contributed by atoms with van der Waals surface area (Å²) in [6.45, 7) is 3.82. The fourth-order valence-corrected chi connectivity index (χ4v) is 5.53. The first-order valence-corrected chi connectivity index (χ1v) is 11.5. The smallest absolute Gasteiger partial charge is 0.243 e. The summed E-state index contributed by atoms with van der Waals surface area (Å²) in [6, 6.07) is 16.8. The van der Waals surface area contributed by atoms with Crippen LogP contribution in [0, 0.1) is 6.92 Å².